The van der Waals surface area contributed by atoms with Gasteiger partial charge in [0, 0.05) is 37.1 Å². The summed E-state index contributed by atoms with van der Waals surface area (Å²) in [6.07, 6.45) is 2.03. The maximum atomic E-state index is 13.1. The zero-order valence-electron chi connectivity index (χ0n) is 15.9. The zero-order chi connectivity index (χ0) is 19.7. The van der Waals surface area contributed by atoms with E-state index < -0.39 is 10.2 Å². The van der Waals surface area contributed by atoms with Gasteiger partial charge in [-0.1, -0.05) is 24.3 Å². The van der Waals surface area contributed by atoms with Gasteiger partial charge < -0.3 is 5.32 Å². The van der Waals surface area contributed by atoms with Crippen LogP contribution in [0.4, 0.5) is 0 Å². The zero-order valence-corrected chi connectivity index (χ0v) is 17.6. The quantitative estimate of drug-likeness (QED) is 0.828. The molecule has 1 N–H and O–H groups in total. The smallest absolute Gasteiger partial charge is 0.282 e. The molecule has 0 spiro atoms. The third kappa shape index (κ3) is 4.00. The maximum Gasteiger partial charge on any atom is 0.282 e. The molecule has 4 rings (SSSR count). The van der Waals surface area contributed by atoms with E-state index in [0.717, 1.165) is 16.9 Å². The highest BCUT2D eigenvalue weighted by Crippen LogP contribution is 2.25. The van der Waals surface area contributed by atoms with Crippen LogP contribution >= 0.6 is 11.3 Å². The number of carbonyl (C=O) groups is 1. The number of carbonyl (C=O) groups excluding carboxylic acids is 1. The second-order valence-electron chi connectivity index (χ2n) is 7.42. The Morgan fingerprint density at radius 1 is 1.04 bits per heavy atom. The molecule has 0 unspecified atom stereocenters. The molecule has 1 amide bonds. The van der Waals surface area contributed by atoms with Crippen molar-refractivity contribution < 1.29 is 13.2 Å². The Hall–Kier alpha value is -1.74. The minimum absolute atomic E-state index is 0.0171. The molecule has 1 saturated heterocycles. The third-order valence-corrected chi connectivity index (χ3v) is 8.48. The van der Waals surface area contributed by atoms with Crippen LogP contribution in [0.5, 0.6) is 0 Å². The van der Waals surface area contributed by atoms with Gasteiger partial charge in [0.1, 0.15) is 0 Å². The van der Waals surface area contributed by atoms with Gasteiger partial charge in [-0.05, 0) is 49.4 Å². The van der Waals surface area contributed by atoms with Crippen LogP contribution in [0.25, 0.3) is 0 Å². The third-order valence-electron chi connectivity index (χ3n) is 5.50. The van der Waals surface area contributed by atoms with Gasteiger partial charge >= 0.3 is 0 Å². The average Bonchev–Trinajstić information content (AvgIpc) is 3.14. The number of amides is 1. The van der Waals surface area contributed by atoms with Crippen molar-refractivity contribution >= 4 is 27.5 Å². The summed E-state index contributed by atoms with van der Waals surface area (Å²) in [6.45, 7) is 3.81. The summed E-state index contributed by atoms with van der Waals surface area (Å²) < 4.78 is 29.3. The van der Waals surface area contributed by atoms with Crippen LogP contribution in [0.2, 0.25) is 0 Å². The molecule has 6 nitrogen and oxygen atoms in total. The average molecular weight is 420 g/mol. The van der Waals surface area contributed by atoms with E-state index in [-0.39, 0.29) is 11.9 Å². The highest BCUT2D eigenvalue weighted by molar-refractivity contribution is 7.86. The molecule has 1 fully saturated rings. The van der Waals surface area contributed by atoms with Crippen molar-refractivity contribution in [1.82, 2.24) is 13.9 Å². The van der Waals surface area contributed by atoms with E-state index in [9.17, 15) is 13.2 Å². The van der Waals surface area contributed by atoms with Crippen LogP contribution in [0.3, 0.4) is 0 Å². The van der Waals surface area contributed by atoms with Crippen LogP contribution in [-0.2, 0) is 23.2 Å². The monoisotopic (exact) mass is 419 g/mol. The Bertz CT molecular complexity index is 963. The first kappa shape index (κ1) is 19.6. The molecular formula is C20H25N3O3S2. The highest BCUT2D eigenvalue weighted by Gasteiger charge is 2.35. The van der Waals surface area contributed by atoms with Crippen molar-refractivity contribution in [3.8, 4) is 0 Å². The summed E-state index contributed by atoms with van der Waals surface area (Å²) in [5, 5.41) is 3.05. The number of rotatable bonds is 4. The Balaban J connectivity index is 1.35. The first-order valence-corrected chi connectivity index (χ1v) is 11.8. The lowest BCUT2D eigenvalue weighted by Crippen LogP contribution is -2.51. The topological polar surface area (TPSA) is 69.7 Å². The number of piperidine rings is 1. The predicted octanol–water partition coefficient (Wildman–Crippen LogP) is 2.55. The summed E-state index contributed by atoms with van der Waals surface area (Å²) >= 11 is 1.48. The molecule has 28 heavy (non-hydrogen) atoms. The molecule has 0 aliphatic carbocycles. The fourth-order valence-corrected chi connectivity index (χ4v) is 6.27. The number of nitrogens with zero attached hydrogens (tertiary/aromatic N) is 2. The van der Waals surface area contributed by atoms with Crippen molar-refractivity contribution in [3.63, 3.8) is 0 Å². The lowest BCUT2D eigenvalue weighted by molar-refractivity contribution is 0.0927. The fourth-order valence-electron chi connectivity index (χ4n) is 3.87. The minimum atomic E-state index is -3.47. The Kier molecular flexibility index (Phi) is 5.55. The number of hydrogen-bond acceptors (Lipinski definition) is 4. The summed E-state index contributed by atoms with van der Waals surface area (Å²) in [7, 11) is -3.47. The van der Waals surface area contributed by atoms with Crippen LogP contribution in [0.1, 0.15) is 38.5 Å². The Morgan fingerprint density at radius 3 is 2.43 bits per heavy atom. The van der Waals surface area contributed by atoms with Crippen LogP contribution in [-0.4, -0.2) is 48.6 Å². The molecule has 8 heteroatoms. The van der Waals surface area contributed by atoms with Gasteiger partial charge in [0.25, 0.3) is 16.1 Å². The molecule has 3 heterocycles. The van der Waals surface area contributed by atoms with Gasteiger partial charge in [-0.25, -0.2) is 0 Å². The Morgan fingerprint density at radius 2 is 1.75 bits per heavy atom. The van der Waals surface area contributed by atoms with Crippen molar-refractivity contribution in [2.75, 3.05) is 19.6 Å². The molecule has 0 radical (unpaired) electrons. The van der Waals surface area contributed by atoms with Crippen molar-refractivity contribution in [1.29, 1.82) is 0 Å². The molecule has 2 aromatic rings. The SMILES string of the molecule is Cc1ccc(C(=O)NC2CCN(S(=O)(=O)N3CCc4ccccc4C3)CC2)s1. The van der Waals surface area contributed by atoms with E-state index in [0.29, 0.717) is 43.9 Å². The number of fused-ring (bicyclic) bond motifs is 1. The molecule has 1 aromatic heterocycles. The molecule has 1 aromatic carbocycles. The number of benzene rings is 1. The molecule has 2 aliphatic heterocycles. The van der Waals surface area contributed by atoms with E-state index in [2.05, 4.69) is 11.4 Å². The predicted molar refractivity (Wildman–Crippen MR) is 111 cm³/mol. The summed E-state index contributed by atoms with van der Waals surface area (Å²) in [6, 6.07) is 11.8. The largest absolute Gasteiger partial charge is 0.349 e. The number of aryl methyl sites for hydroxylation is 1. The Labute approximate surface area is 170 Å². The maximum absolute atomic E-state index is 13.1. The first-order valence-electron chi connectivity index (χ1n) is 9.63. The van der Waals surface area contributed by atoms with E-state index in [1.807, 2.05) is 37.3 Å². The second-order valence-corrected chi connectivity index (χ2v) is 10.6. The lowest BCUT2D eigenvalue weighted by atomic mass is 10.0. The van der Waals surface area contributed by atoms with E-state index in [1.165, 1.54) is 16.9 Å². The van der Waals surface area contributed by atoms with Crippen molar-refractivity contribution in [2.24, 2.45) is 0 Å². The van der Waals surface area contributed by atoms with Crippen LogP contribution in [0, 0.1) is 6.92 Å². The van der Waals surface area contributed by atoms with Gasteiger partial charge in [0.05, 0.1) is 4.88 Å². The van der Waals surface area contributed by atoms with Gasteiger partial charge in [0.15, 0.2) is 0 Å². The molecule has 150 valence electrons. The molecule has 2 aliphatic rings. The van der Waals surface area contributed by atoms with E-state index in [4.69, 9.17) is 0 Å². The number of hydrogen-bond donors (Lipinski definition) is 1. The normalized spacial score (nSPS) is 19.3. The molecule has 0 bridgehead atoms. The van der Waals surface area contributed by atoms with E-state index >= 15 is 0 Å². The van der Waals surface area contributed by atoms with Gasteiger partial charge in [-0.3, -0.25) is 4.79 Å². The van der Waals surface area contributed by atoms with Crippen molar-refractivity contribution in [3.05, 3.63) is 57.3 Å². The van der Waals surface area contributed by atoms with E-state index in [1.54, 1.807) is 8.61 Å². The summed E-state index contributed by atoms with van der Waals surface area (Å²) in [4.78, 5) is 14.1. The first-order chi connectivity index (χ1) is 13.4. The van der Waals surface area contributed by atoms with Gasteiger partial charge in [-0.2, -0.15) is 17.0 Å². The van der Waals surface area contributed by atoms with Crippen LogP contribution < -0.4 is 5.32 Å². The van der Waals surface area contributed by atoms with Crippen molar-refractivity contribution in [2.45, 2.75) is 38.8 Å². The summed E-state index contributed by atoms with van der Waals surface area (Å²) in [5.41, 5.74) is 2.32. The minimum Gasteiger partial charge on any atom is -0.349 e. The fraction of sp³-hybridized carbons (Fsp3) is 0.450. The number of nitrogens with one attached hydrogen (secondary N) is 1. The molecular weight excluding hydrogens is 394 g/mol. The molecule has 0 atom stereocenters. The molecule has 0 saturated carbocycles. The summed E-state index contributed by atoms with van der Waals surface area (Å²) in [5.74, 6) is -0.0629. The second kappa shape index (κ2) is 7.94. The van der Waals surface area contributed by atoms with Crippen LogP contribution in [0.15, 0.2) is 36.4 Å². The van der Waals surface area contributed by atoms with Gasteiger partial charge in [0.2, 0.25) is 0 Å². The lowest BCUT2D eigenvalue weighted by Gasteiger charge is -2.36. The highest BCUT2D eigenvalue weighted by atomic mass is 32.2. The van der Waals surface area contributed by atoms with Gasteiger partial charge in [-0.15, -0.1) is 11.3 Å². The standard InChI is InChI=1S/C20H25N3O3S2/c1-15-6-7-19(27-15)20(24)21-18-9-12-22(13-10-18)28(25,26)23-11-8-16-4-2-3-5-17(16)14-23/h2-7,18H,8-14H2,1H3,(H,21,24). The number of thiophene rings is 1.